The van der Waals surface area contributed by atoms with E-state index in [2.05, 4.69) is 255 Å². The van der Waals surface area contributed by atoms with Gasteiger partial charge in [-0.05, 0) is 54.6 Å². The van der Waals surface area contributed by atoms with E-state index in [1.165, 1.54) is 0 Å². The lowest BCUT2D eigenvalue weighted by Crippen LogP contribution is -2.16. The van der Waals surface area contributed by atoms with E-state index in [1.54, 1.807) is 0 Å². The van der Waals surface area contributed by atoms with Crippen LogP contribution in [0.2, 0.25) is 0 Å². The fourth-order valence-corrected chi connectivity index (χ4v) is 12.5. The molecule has 73 heavy (non-hydrogen) atoms. The quantitative estimate of drug-likeness (QED) is 0.173. The van der Waals surface area contributed by atoms with Crippen molar-refractivity contribution in [2.45, 2.75) is 0 Å². The Balaban J connectivity index is 1.29. The maximum absolute atomic E-state index is 12.8. The van der Waals surface area contributed by atoms with Crippen LogP contribution < -0.4 is 0 Å². The van der Waals surface area contributed by atoms with Gasteiger partial charge in [-0.25, -0.2) is 0 Å². The highest BCUT2D eigenvalue weighted by Crippen LogP contribution is 2.53. The molecule has 0 bridgehead atoms. The highest BCUT2D eigenvalue weighted by molar-refractivity contribution is 6.19. The monoisotopic (exact) mass is 929 g/mol. The van der Waals surface area contributed by atoms with Crippen LogP contribution in [0.25, 0.3) is 143 Å². The van der Waals surface area contributed by atoms with Crippen molar-refractivity contribution in [3.05, 3.63) is 242 Å². The molecule has 0 spiro atoms. The number of hydrogen-bond acceptors (Lipinski definition) is 2. The molecular weight excluding hydrogens is 891 g/mol. The molecule has 0 saturated carbocycles. The maximum Gasteiger partial charge on any atom is 0.143 e. The first kappa shape index (κ1) is 39.7. The van der Waals surface area contributed by atoms with Gasteiger partial charge in [-0.15, -0.1) is 0 Å². The largest absolute Gasteiger partial charge is 0.455 e. The molecule has 0 unspecified atom stereocenters. The number of aromatic nitrogens is 4. The third-order valence-electron chi connectivity index (χ3n) is 15.4. The predicted octanol–water partition coefficient (Wildman–Crippen LogP) is 17.5. The number of fused-ring (bicyclic) bond motifs is 15. The molecule has 6 nitrogen and oxygen atoms in total. The van der Waals surface area contributed by atoms with Crippen LogP contribution in [0, 0.1) is 11.3 Å². The summed E-state index contributed by atoms with van der Waals surface area (Å²) in [6.45, 7) is 0. The van der Waals surface area contributed by atoms with Gasteiger partial charge in [-0.3, -0.25) is 0 Å². The molecule has 16 aromatic rings. The van der Waals surface area contributed by atoms with Gasteiger partial charge in [-0.1, -0.05) is 182 Å². The first-order valence-corrected chi connectivity index (χ1v) is 24.8. The van der Waals surface area contributed by atoms with Crippen molar-refractivity contribution in [1.29, 1.82) is 5.26 Å². The summed E-state index contributed by atoms with van der Waals surface area (Å²) in [6.07, 6.45) is 0. The number of rotatable bonds is 5. The Morgan fingerprint density at radius 1 is 0.274 bits per heavy atom. The van der Waals surface area contributed by atoms with Gasteiger partial charge in [0, 0.05) is 65.0 Å². The molecule has 0 aliphatic heterocycles. The Labute approximate surface area is 417 Å². The fourth-order valence-electron chi connectivity index (χ4n) is 12.5. The van der Waals surface area contributed by atoms with Gasteiger partial charge in [0.25, 0.3) is 0 Å². The molecule has 0 N–H and O–H groups in total. The van der Waals surface area contributed by atoms with Gasteiger partial charge >= 0.3 is 0 Å². The topological polar surface area (TPSA) is 56.6 Å². The average molecular weight is 930 g/mol. The smallest absolute Gasteiger partial charge is 0.143 e. The second kappa shape index (κ2) is 15.0. The lowest BCUT2D eigenvalue weighted by atomic mass is 9.92. The lowest BCUT2D eigenvalue weighted by Gasteiger charge is -2.29. The minimum absolute atomic E-state index is 0.521. The van der Waals surface area contributed by atoms with E-state index in [9.17, 15) is 5.26 Å². The number of hydrogen-bond donors (Lipinski definition) is 0. The van der Waals surface area contributed by atoms with Crippen LogP contribution in [-0.2, 0) is 0 Å². The Bertz CT molecular complexity index is 4600. The molecule has 16 rings (SSSR count). The molecule has 0 radical (unpaired) electrons. The third kappa shape index (κ3) is 5.29. The molecule has 5 aromatic heterocycles. The normalized spacial score (nSPS) is 12.1. The average Bonchev–Trinajstić information content (AvgIpc) is 4.26. The van der Waals surface area contributed by atoms with Crippen molar-refractivity contribution in [2.24, 2.45) is 0 Å². The number of para-hydroxylation sites is 10. The van der Waals surface area contributed by atoms with E-state index in [1.807, 2.05) is 6.07 Å². The summed E-state index contributed by atoms with van der Waals surface area (Å²) >= 11 is 0. The Kier molecular flexibility index (Phi) is 8.14. The Morgan fingerprint density at radius 3 is 0.877 bits per heavy atom. The third-order valence-corrected chi connectivity index (χ3v) is 15.4. The summed E-state index contributed by atoms with van der Waals surface area (Å²) in [7, 11) is 0. The van der Waals surface area contributed by atoms with Crippen LogP contribution >= 0.6 is 0 Å². The van der Waals surface area contributed by atoms with Gasteiger partial charge in [0.1, 0.15) is 22.8 Å². The Hall–Kier alpha value is -10.1. The molecular formula is C67H39N5O. The molecule has 5 heterocycles. The number of furan rings is 1. The van der Waals surface area contributed by atoms with Crippen LogP contribution in [0.4, 0.5) is 0 Å². The van der Waals surface area contributed by atoms with E-state index >= 15 is 0 Å². The van der Waals surface area contributed by atoms with E-state index in [0.29, 0.717) is 5.56 Å². The molecule has 0 atom stereocenters. The molecule has 11 aromatic carbocycles. The van der Waals surface area contributed by atoms with Gasteiger partial charge in [0.15, 0.2) is 0 Å². The summed E-state index contributed by atoms with van der Waals surface area (Å²) in [6, 6.07) is 87.3. The highest BCUT2D eigenvalue weighted by Gasteiger charge is 2.36. The van der Waals surface area contributed by atoms with Crippen molar-refractivity contribution in [1.82, 2.24) is 18.3 Å². The second-order valence-electron chi connectivity index (χ2n) is 19.0. The van der Waals surface area contributed by atoms with Crippen LogP contribution in [0.1, 0.15) is 5.56 Å². The summed E-state index contributed by atoms with van der Waals surface area (Å²) < 4.78 is 16.9. The van der Waals surface area contributed by atoms with Gasteiger partial charge in [-0.2, -0.15) is 5.26 Å². The standard InChI is InChI=1S/C67H39N5O/c68-40-52-63(69-53-31-10-1-20-41(53)42-21-2-11-32-54(42)69)65(71-57-35-14-5-24-45(57)46-25-6-15-36-58(46)71)62(51-30-19-29-50-49-28-9-18-39-61(49)73-67(50)51)66(72-59-37-16-7-26-47(59)48-27-8-17-38-60(48)72)64(52)70-55-33-12-3-22-43(55)44-23-4-13-34-56(44)70/h1-39H. The number of nitriles is 1. The lowest BCUT2D eigenvalue weighted by molar-refractivity contribution is 0.670. The van der Waals surface area contributed by atoms with Gasteiger partial charge in [0.2, 0.25) is 0 Å². The van der Waals surface area contributed by atoms with Gasteiger partial charge < -0.3 is 22.7 Å². The van der Waals surface area contributed by atoms with E-state index in [0.717, 1.165) is 143 Å². The van der Waals surface area contributed by atoms with Crippen LogP contribution in [0.15, 0.2) is 241 Å². The Morgan fingerprint density at radius 2 is 0.548 bits per heavy atom. The van der Waals surface area contributed by atoms with E-state index < -0.39 is 0 Å². The molecule has 0 aliphatic rings. The van der Waals surface area contributed by atoms with Crippen molar-refractivity contribution in [2.75, 3.05) is 0 Å². The zero-order valence-electron chi connectivity index (χ0n) is 39.2. The summed E-state index contributed by atoms with van der Waals surface area (Å²) in [4.78, 5) is 0. The summed E-state index contributed by atoms with van der Waals surface area (Å²) in [5, 5.41) is 23.7. The molecule has 0 aliphatic carbocycles. The number of benzene rings is 11. The van der Waals surface area contributed by atoms with Crippen LogP contribution in [0.3, 0.4) is 0 Å². The first-order valence-electron chi connectivity index (χ1n) is 24.8. The summed E-state index contributed by atoms with van der Waals surface area (Å²) in [5.74, 6) is 0. The van der Waals surface area contributed by atoms with Crippen molar-refractivity contribution < 1.29 is 4.42 Å². The SMILES string of the molecule is N#Cc1c(-n2c3ccccc3c3ccccc32)c(-n2c3ccccc3c3ccccc32)c(-c2cccc3c2oc2ccccc23)c(-n2c3ccccc3c3ccccc32)c1-n1c2ccccc2c2ccccc21. The molecule has 6 heteroatoms. The van der Waals surface area contributed by atoms with Crippen LogP contribution in [0.5, 0.6) is 0 Å². The van der Waals surface area contributed by atoms with E-state index in [-0.39, 0.29) is 0 Å². The zero-order chi connectivity index (χ0) is 47.9. The van der Waals surface area contributed by atoms with E-state index in [4.69, 9.17) is 4.42 Å². The minimum atomic E-state index is 0.521. The first-order chi connectivity index (χ1) is 36.3. The summed E-state index contributed by atoms with van der Waals surface area (Å²) in [5.41, 5.74) is 15.2. The highest BCUT2D eigenvalue weighted by atomic mass is 16.3. The molecule has 0 saturated heterocycles. The number of nitrogens with zero attached hydrogens (tertiary/aromatic N) is 5. The van der Waals surface area contributed by atoms with Gasteiger partial charge in [0.05, 0.1) is 66.9 Å². The molecule has 0 amide bonds. The fraction of sp³-hybridized carbons (Fsp3) is 0. The van der Waals surface area contributed by atoms with Crippen molar-refractivity contribution in [3.63, 3.8) is 0 Å². The maximum atomic E-state index is 12.8. The molecule has 0 fully saturated rings. The molecule has 338 valence electrons. The van der Waals surface area contributed by atoms with Crippen molar-refractivity contribution >= 4 is 109 Å². The van der Waals surface area contributed by atoms with Crippen LogP contribution in [-0.4, -0.2) is 18.3 Å². The predicted molar refractivity (Wildman–Crippen MR) is 301 cm³/mol. The minimum Gasteiger partial charge on any atom is -0.455 e. The zero-order valence-corrected chi connectivity index (χ0v) is 39.2. The second-order valence-corrected chi connectivity index (χ2v) is 19.0. The van der Waals surface area contributed by atoms with Crippen molar-refractivity contribution in [3.8, 4) is 39.9 Å².